The Morgan fingerprint density at radius 3 is 1.98 bits per heavy atom. The summed E-state index contributed by atoms with van der Waals surface area (Å²) < 4.78 is 0. The monoisotopic (exact) mass is 634 g/mol. The van der Waals surface area contributed by atoms with Crippen molar-refractivity contribution < 1.29 is 19.5 Å². The number of urea groups is 1. The number of carbonyl (C=O) groups is 3. The Morgan fingerprint density at radius 1 is 0.761 bits per heavy atom. The lowest BCUT2D eigenvalue weighted by molar-refractivity contribution is -0.134. The van der Waals surface area contributed by atoms with E-state index in [1.807, 2.05) is 97.2 Å². The number of thiophene rings is 1. The summed E-state index contributed by atoms with van der Waals surface area (Å²) in [5.74, 6) is -1.04. The minimum Gasteiger partial charge on any atom is -0.481 e. The number of carboxylic acid groups (broad SMARTS) is 1. The summed E-state index contributed by atoms with van der Waals surface area (Å²) in [6.45, 7) is 3.10. The van der Waals surface area contributed by atoms with Crippen molar-refractivity contribution in [3.8, 4) is 10.4 Å². The minimum absolute atomic E-state index is 0.0333. The number of carbonyl (C=O) groups excluding carboxylic acids is 2. The molecule has 1 aromatic heterocycles. The van der Waals surface area contributed by atoms with E-state index >= 15 is 0 Å². The van der Waals surface area contributed by atoms with Gasteiger partial charge in [0.2, 0.25) is 0 Å². The van der Waals surface area contributed by atoms with Crippen molar-refractivity contribution in [1.82, 2.24) is 0 Å². The highest BCUT2D eigenvalue weighted by atomic mass is 32.1. The molecule has 3 amide bonds. The van der Waals surface area contributed by atoms with Crippen LogP contribution in [0, 0.1) is 5.41 Å². The van der Waals surface area contributed by atoms with Gasteiger partial charge in [0.05, 0.1) is 17.1 Å². The van der Waals surface area contributed by atoms with E-state index < -0.39 is 12.0 Å². The quantitative estimate of drug-likeness (QED) is 0.0643. The summed E-state index contributed by atoms with van der Waals surface area (Å²) in [6, 6.07) is 33.2. The third-order valence-electron chi connectivity index (χ3n) is 6.59. The van der Waals surface area contributed by atoms with Crippen LogP contribution in [-0.2, 0) is 4.79 Å². The number of amides is 3. The number of nitrogens with two attached hydrogens (primary N) is 1. The largest absolute Gasteiger partial charge is 0.481 e. The van der Waals surface area contributed by atoms with Crippen LogP contribution in [0.25, 0.3) is 10.4 Å². The van der Waals surface area contributed by atoms with Gasteiger partial charge in [-0.1, -0.05) is 54.6 Å². The zero-order valence-electron chi connectivity index (χ0n) is 25.2. The highest BCUT2D eigenvalue weighted by molar-refractivity contribution is 7.14. The summed E-state index contributed by atoms with van der Waals surface area (Å²) in [6.07, 6.45) is 0. The van der Waals surface area contributed by atoms with Gasteiger partial charge < -0.3 is 32.1 Å². The van der Waals surface area contributed by atoms with Gasteiger partial charge in [-0.15, -0.1) is 11.3 Å². The fraction of sp³-hybridized carbons (Fsp3) is 0.0857. The van der Waals surface area contributed by atoms with E-state index in [1.165, 1.54) is 0 Å². The highest BCUT2D eigenvalue weighted by Crippen LogP contribution is 2.30. The molecule has 11 heteroatoms. The lowest BCUT2D eigenvalue weighted by Crippen LogP contribution is -2.21. The third-order valence-corrected chi connectivity index (χ3v) is 7.57. The number of benzene rings is 4. The maximum atomic E-state index is 12.9. The Kier molecular flexibility index (Phi) is 11.2. The molecule has 0 bridgehead atoms. The standard InChI is InChI=1S/C33H30N6O2S.C2H4O2/c1-21(36-28-9-5-6-10-29(28)39-33(41)38-26-17-15-24(16-18-26)31(34)35)22-11-13-25(14-12-22)32(40)37-27-19-30(42-20-27)23-7-3-2-4-8-23;1-2(3)4/h2-21,36H,1H3,(H3,34,35)(H,37,40)(H2,38,39,41);1H3,(H,3,4). The lowest BCUT2D eigenvalue weighted by Gasteiger charge is -2.19. The molecule has 0 aliphatic carbocycles. The smallest absolute Gasteiger partial charge is 0.323 e. The summed E-state index contributed by atoms with van der Waals surface area (Å²) in [5.41, 5.74) is 11.5. The van der Waals surface area contributed by atoms with Crippen LogP contribution >= 0.6 is 11.3 Å². The van der Waals surface area contributed by atoms with Gasteiger partial charge in [-0.2, -0.15) is 0 Å². The van der Waals surface area contributed by atoms with E-state index in [4.69, 9.17) is 21.0 Å². The molecule has 0 radical (unpaired) electrons. The predicted molar refractivity (Wildman–Crippen MR) is 186 cm³/mol. The van der Waals surface area contributed by atoms with Crippen LogP contribution in [0.3, 0.4) is 0 Å². The van der Waals surface area contributed by atoms with Gasteiger partial charge in [-0.05, 0) is 72.6 Å². The van der Waals surface area contributed by atoms with Crippen molar-refractivity contribution in [2.24, 2.45) is 5.73 Å². The van der Waals surface area contributed by atoms with Crippen molar-refractivity contribution >= 4 is 57.8 Å². The molecular formula is C35H34N6O4S. The Labute approximate surface area is 270 Å². The molecule has 5 rings (SSSR count). The molecule has 0 saturated heterocycles. The minimum atomic E-state index is -0.833. The van der Waals surface area contributed by atoms with Crippen molar-refractivity contribution in [2.75, 3.05) is 21.3 Å². The van der Waals surface area contributed by atoms with Gasteiger partial charge in [0.15, 0.2) is 0 Å². The van der Waals surface area contributed by atoms with Gasteiger partial charge in [0.25, 0.3) is 11.9 Å². The molecule has 5 aromatic rings. The number of nitrogens with one attached hydrogen (secondary N) is 5. The van der Waals surface area contributed by atoms with Crippen LogP contribution < -0.4 is 27.0 Å². The maximum absolute atomic E-state index is 12.9. The topological polar surface area (TPSA) is 169 Å². The van der Waals surface area contributed by atoms with Crippen molar-refractivity contribution in [3.05, 3.63) is 131 Å². The molecule has 1 atom stereocenters. The second kappa shape index (κ2) is 15.7. The first-order valence-corrected chi connectivity index (χ1v) is 15.1. The first-order chi connectivity index (χ1) is 22.1. The number of hydrogen-bond donors (Lipinski definition) is 7. The summed E-state index contributed by atoms with van der Waals surface area (Å²) >= 11 is 1.59. The highest BCUT2D eigenvalue weighted by Gasteiger charge is 2.13. The molecule has 0 fully saturated rings. The van der Waals surface area contributed by atoms with Crippen LogP contribution in [0.2, 0.25) is 0 Å². The normalized spacial score (nSPS) is 10.8. The maximum Gasteiger partial charge on any atom is 0.323 e. The first-order valence-electron chi connectivity index (χ1n) is 14.2. The third kappa shape index (κ3) is 9.53. The van der Waals surface area contributed by atoms with E-state index in [-0.39, 0.29) is 17.8 Å². The molecule has 0 spiro atoms. The van der Waals surface area contributed by atoms with Crippen LogP contribution in [0.15, 0.2) is 115 Å². The number of carboxylic acids is 1. The lowest BCUT2D eigenvalue weighted by atomic mass is 10.0. The number of para-hydroxylation sites is 2. The zero-order valence-corrected chi connectivity index (χ0v) is 26.0. The number of amidine groups is 1. The molecular weight excluding hydrogens is 600 g/mol. The summed E-state index contributed by atoms with van der Waals surface area (Å²) in [5, 5.41) is 28.9. The van der Waals surface area contributed by atoms with E-state index in [0.29, 0.717) is 22.5 Å². The molecule has 234 valence electrons. The number of anilines is 4. The molecule has 1 heterocycles. The second-order valence-electron chi connectivity index (χ2n) is 10.1. The molecule has 10 nitrogen and oxygen atoms in total. The first kappa shape index (κ1) is 33.0. The average Bonchev–Trinajstić information content (AvgIpc) is 3.51. The van der Waals surface area contributed by atoms with Gasteiger partial charge in [0.1, 0.15) is 5.84 Å². The zero-order chi connectivity index (χ0) is 33.1. The Morgan fingerprint density at radius 2 is 1.35 bits per heavy atom. The molecule has 0 aliphatic heterocycles. The molecule has 0 aliphatic rings. The Hall–Kier alpha value is -5.94. The van der Waals surface area contributed by atoms with Crippen LogP contribution in [-0.4, -0.2) is 28.8 Å². The van der Waals surface area contributed by atoms with E-state index in [2.05, 4.69) is 21.3 Å². The number of hydrogen-bond acceptors (Lipinski definition) is 6. The molecule has 0 saturated carbocycles. The molecule has 1 unspecified atom stereocenters. The number of aliphatic carboxylic acids is 1. The number of rotatable bonds is 9. The second-order valence-corrected chi connectivity index (χ2v) is 11.1. The van der Waals surface area contributed by atoms with Crippen molar-refractivity contribution in [2.45, 2.75) is 19.9 Å². The summed E-state index contributed by atoms with van der Waals surface area (Å²) in [7, 11) is 0. The fourth-order valence-electron chi connectivity index (χ4n) is 4.33. The van der Waals surface area contributed by atoms with Crippen molar-refractivity contribution in [1.29, 1.82) is 5.41 Å². The van der Waals surface area contributed by atoms with Gasteiger partial charge >= 0.3 is 6.03 Å². The van der Waals surface area contributed by atoms with Crippen LogP contribution in [0.5, 0.6) is 0 Å². The molecule has 46 heavy (non-hydrogen) atoms. The Balaban J connectivity index is 0.00000113. The molecule has 8 N–H and O–H groups in total. The summed E-state index contributed by atoms with van der Waals surface area (Å²) in [4.78, 5) is 35.6. The molecule has 4 aromatic carbocycles. The number of nitrogen functional groups attached to an aromatic ring is 1. The Bertz CT molecular complexity index is 1800. The van der Waals surface area contributed by atoms with E-state index in [1.54, 1.807) is 35.6 Å². The average molecular weight is 635 g/mol. The van der Waals surface area contributed by atoms with E-state index in [0.717, 1.165) is 34.3 Å². The van der Waals surface area contributed by atoms with Gasteiger partial charge in [-0.25, -0.2) is 4.79 Å². The van der Waals surface area contributed by atoms with Gasteiger partial charge in [0, 0.05) is 40.0 Å². The fourth-order valence-corrected chi connectivity index (χ4v) is 5.18. The predicted octanol–water partition coefficient (Wildman–Crippen LogP) is 7.86. The van der Waals surface area contributed by atoms with Gasteiger partial charge in [-0.3, -0.25) is 15.0 Å². The SMILES string of the molecule is CC(=O)O.CC(Nc1ccccc1NC(=O)Nc1ccc(C(=N)N)cc1)c1ccc(C(=O)Nc2csc(-c3ccccc3)c2)cc1. The van der Waals surface area contributed by atoms with Crippen molar-refractivity contribution in [3.63, 3.8) is 0 Å². The van der Waals surface area contributed by atoms with E-state index in [9.17, 15) is 9.59 Å². The van der Waals surface area contributed by atoms with Crippen LogP contribution in [0.1, 0.15) is 41.4 Å². The van der Waals surface area contributed by atoms with Crippen LogP contribution in [0.4, 0.5) is 27.5 Å².